The molecule has 0 spiro atoms. The van der Waals surface area contributed by atoms with Gasteiger partial charge >= 0.3 is 0 Å². The summed E-state index contributed by atoms with van der Waals surface area (Å²) in [5.74, 6) is -0.112. The highest BCUT2D eigenvalue weighted by atomic mass is 35.5. The molecule has 1 amide bonds. The van der Waals surface area contributed by atoms with E-state index in [1.807, 2.05) is 61.5 Å². The molecule has 1 aliphatic heterocycles. The number of hydrogen-bond acceptors (Lipinski definition) is 4. The van der Waals surface area contributed by atoms with E-state index in [1.165, 1.54) is 12.1 Å². The molecule has 4 aromatic carbocycles. The van der Waals surface area contributed by atoms with Crippen molar-refractivity contribution in [3.63, 3.8) is 0 Å². The van der Waals surface area contributed by atoms with E-state index in [2.05, 4.69) is 0 Å². The Balaban J connectivity index is 1.42. The first-order valence-electron chi connectivity index (χ1n) is 12.5. The summed E-state index contributed by atoms with van der Waals surface area (Å²) in [6, 6.07) is 25.6. The number of nitrogens with zero attached hydrogens (tertiary/aromatic N) is 1. The minimum atomic E-state index is -0.707. The van der Waals surface area contributed by atoms with Crippen molar-refractivity contribution in [3.8, 4) is 5.75 Å². The third kappa shape index (κ3) is 4.68. The highest BCUT2D eigenvalue weighted by Crippen LogP contribution is 2.40. The van der Waals surface area contributed by atoms with Crippen LogP contribution in [0.3, 0.4) is 0 Å². The fourth-order valence-corrected chi connectivity index (χ4v) is 5.09. The van der Waals surface area contributed by atoms with Gasteiger partial charge in [0.25, 0.3) is 5.91 Å². The number of hydrogen-bond donors (Lipinski definition) is 0. The van der Waals surface area contributed by atoms with Gasteiger partial charge in [-0.25, -0.2) is 4.39 Å². The number of carbonyl (C=O) groups excluding carboxylic acids is 1. The lowest BCUT2D eigenvalue weighted by Crippen LogP contribution is -2.29. The van der Waals surface area contributed by atoms with Gasteiger partial charge in [-0.05, 0) is 65.6 Å². The van der Waals surface area contributed by atoms with E-state index in [1.54, 1.807) is 29.2 Å². The number of amides is 1. The minimum Gasteiger partial charge on any atom is -0.489 e. The molecule has 0 aliphatic carbocycles. The molecule has 39 heavy (non-hydrogen) atoms. The molecule has 0 N–H and O–H groups in total. The molecule has 0 saturated heterocycles. The smallest absolute Gasteiger partial charge is 0.291 e. The summed E-state index contributed by atoms with van der Waals surface area (Å²) in [7, 11) is 0. The maximum atomic E-state index is 13.8. The van der Waals surface area contributed by atoms with Crippen molar-refractivity contribution in [2.75, 3.05) is 0 Å². The Kier molecular flexibility index (Phi) is 6.41. The molecule has 6 rings (SSSR count). The van der Waals surface area contributed by atoms with Crippen LogP contribution in [0.1, 0.15) is 44.4 Å². The van der Waals surface area contributed by atoms with Gasteiger partial charge in [0, 0.05) is 11.6 Å². The molecular weight excluding hydrogens is 517 g/mol. The van der Waals surface area contributed by atoms with Gasteiger partial charge in [-0.1, -0.05) is 66.2 Å². The summed E-state index contributed by atoms with van der Waals surface area (Å²) in [6.07, 6.45) is 0. The van der Waals surface area contributed by atoms with Gasteiger partial charge in [-0.2, -0.15) is 0 Å². The van der Waals surface area contributed by atoms with Gasteiger partial charge in [-0.3, -0.25) is 9.59 Å². The average molecular weight is 540 g/mol. The predicted molar refractivity (Wildman–Crippen MR) is 148 cm³/mol. The van der Waals surface area contributed by atoms with Crippen LogP contribution in [0.2, 0.25) is 5.02 Å². The monoisotopic (exact) mass is 539 g/mol. The van der Waals surface area contributed by atoms with Crippen molar-refractivity contribution < 1.29 is 18.3 Å². The summed E-state index contributed by atoms with van der Waals surface area (Å²) in [4.78, 5) is 29.1. The lowest BCUT2D eigenvalue weighted by Gasteiger charge is -2.25. The molecule has 1 unspecified atom stereocenters. The second-order valence-corrected chi connectivity index (χ2v) is 9.98. The van der Waals surface area contributed by atoms with Crippen molar-refractivity contribution in [2.24, 2.45) is 0 Å². The molecule has 1 aliphatic rings. The van der Waals surface area contributed by atoms with Crippen molar-refractivity contribution in [1.82, 2.24) is 4.90 Å². The lowest BCUT2D eigenvalue weighted by atomic mass is 9.98. The third-order valence-corrected chi connectivity index (χ3v) is 7.36. The Morgan fingerprint density at radius 1 is 0.923 bits per heavy atom. The van der Waals surface area contributed by atoms with Gasteiger partial charge in [0.05, 0.1) is 17.0 Å². The zero-order valence-electron chi connectivity index (χ0n) is 21.0. The Morgan fingerprint density at radius 2 is 1.64 bits per heavy atom. The molecule has 0 saturated carbocycles. The number of ether oxygens (including phenoxy) is 1. The van der Waals surface area contributed by atoms with E-state index in [0.717, 1.165) is 22.3 Å². The number of carbonyl (C=O) groups is 1. The van der Waals surface area contributed by atoms with Crippen LogP contribution in [-0.2, 0) is 13.2 Å². The predicted octanol–water partition coefficient (Wildman–Crippen LogP) is 7.22. The van der Waals surface area contributed by atoms with E-state index < -0.39 is 11.9 Å². The van der Waals surface area contributed by atoms with Crippen LogP contribution in [0.4, 0.5) is 4.39 Å². The largest absolute Gasteiger partial charge is 0.489 e. The van der Waals surface area contributed by atoms with Crippen molar-refractivity contribution in [2.45, 2.75) is 26.1 Å². The van der Waals surface area contributed by atoms with Crippen molar-refractivity contribution in [1.29, 1.82) is 0 Å². The second kappa shape index (κ2) is 10.0. The quantitative estimate of drug-likeness (QED) is 0.228. The number of aryl methyl sites for hydroxylation is 1. The molecular formula is C32H23ClFNO4. The van der Waals surface area contributed by atoms with Gasteiger partial charge in [0.2, 0.25) is 5.76 Å². The molecule has 5 nitrogen and oxygen atoms in total. The zero-order chi connectivity index (χ0) is 27.1. The second-order valence-electron chi connectivity index (χ2n) is 9.58. The van der Waals surface area contributed by atoms with Crippen LogP contribution in [0, 0.1) is 12.7 Å². The maximum absolute atomic E-state index is 13.8. The summed E-state index contributed by atoms with van der Waals surface area (Å²) in [5.41, 5.74) is 3.48. The number of rotatable bonds is 6. The Labute approximate surface area is 229 Å². The van der Waals surface area contributed by atoms with Crippen LogP contribution < -0.4 is 10.2 Å². The van der Waals surface area contributed by atoms with Crippen LogP contribution in [-0.4, -0.2) is 10.8 Å². The molecule has 0 bridgehead atoms. The number of halogens is 2. The van der Waals surface area contributed by atoms with E-state index >= 15 is 0 Å². The molecule has 5 aromatic rings. The zero-order valence-corrected chi connectivity index (χ0v) is 21.7. The first-order chi connectivity index (χ1) is 18.9. The first-order valence-corrected chi connectivity index (χ1v) is 12.9. The Morgan fingerprint density at radius 3 is 2.36 bits per heavy atom. The van der Waals surface area contributed by atoms with Gasteiger partial charge in [-0.15, -0.1) is 0 Å². The average Bonchev–Trinajstić information content (AvgIpc) is 3.22. The SMILES string of the molecule is Cc1cc2oc3c(c(=O)c2cc1Cl)C(c1ccc(OCc2ccccc2)cc1)N(Cc1ccc(F)cc1)C3=O. The first kappa shape index (κ1) is 24.9. The summed E-state index contributed by atoms with van der Waals surface area (Å²) < 4.78 is 25.5. The van der Waals surface area contributed by atoms with Crippen LogP contribution in [0.15, 0.2) is 100 Å². The van der Waals surface area contributed by atoms with Gasteiger partial charge < -0.3 is 14.1 Å². The maximum Gasteiger partial charge on any atom is 0.291 e. The van der Waals surface area contributed by atoms with E-state index in [0.29, 0.717) is 28.3 Å². The molecule has 194 valence electrons. The summed E-state index contributed by atoms with van der Waals surface area (Å²) >= 11 is 6.33. The normalized spacial score (nSPS) is 14.6. The standard InChI is InChI=1S/C32H23ClFNO4/c1-19-15-27-25(16-26(19)33)30(36)28-29(22-9-13-24(14-10-22)38-18-21-5-3-2-4-6-21)35(32(37)31(28)39-27)17-20-7-11-23(34)12-8-20/h2-16,29H,17-18H2,1H3. The van der Waals surface area contributed by atoms with Crippen molar-refractivity contribution in [3.05, 3.63) is 146 Å². The lowest BCUT2D eigenvalue weighted by molar-refractivity contribution is 0.0714. The highest BCUT2D eigenvalue weighted by molar-refractivity contribution is 6.32. The van der Waals surface area contributed by atoms with Gasteiger partial charge in [0.1, 0.15) is 23.8 Å². The molecule has 2 heterocycles. The van der Waals surface area contributed by atoms with Crippen LogP contribution in [0.5, 0.6) is 5.75 Å². The van der Waals surface area contributed by atoms with E-state index in [4.69, 9.17) is 20.8 Å². The summed E-state index contributed by atoms with van der Waals surface area (Å²) in [6.45, 7) is 2.38. The highest BCUT2D eigenvalue weighted by Gasteiger charge is 2.42. The Hall–Kier alpha value is -4.42. The number of benzene rings is 4. The van der Waals surface area contributed by atoms with Gasteiger partial charge in [0.15, 0.2) is 5.43 Å². The topological polar surface area (TPSA) is 59.8 Å². The van der Waals surface area contributed by atoms with Crippen LogP contribution in [0.25, 0.3) is 11.0 Å². The van der Waals surface area contributed by atoms with E-state index in [9.17, 15) is 14.0 Å². The Bertz CT molecular complexity index is 1750. The van der Waals surface area contributed by atoms with Crippen LogP contribution >= 0.6 is 11.6 Å². The molecule has 1 aromatic heterocycles. The fourth-order valence-electron chi connectivity index (χ4n) is 4.92. The summed E-state index contributed by atoms with van der Waals surface area (Å²) in [5, 5.41) is 0.757. The molecule has 0 radical (unpaired) electrons. The minimum absolute atomic E-state index is 0.00531. The fraction of sp³-hybridized carbons (Fsp3) is 0.125. The number of fused-ring (bicyclic) bond motifs is 2. The van der Waals surface area contributed by atoms with Crippen molar-refractivity contribution >= 4 is 28.5 Å². The third-order valence-electron chi connectivity index (χ3n) is 6.96. The van der Waals surface area contributed by atoms with E-state index in [-0.39, 0.29) is 29.1 Å². The molecule has 1 atom stereocenters. The molecule has 7 heteroatoms. The molecule has 0 fully saturated rings.